The standard InChI is InChI=1S/C22H17N5O2/c1-23-17-18-20(22(29)26-14-25-18)27(19(17)15-8-4-2-5-9-15)13-12-24-21(28)16-10-6-3-7-11-16/h2-11,14H,12-13H2,(H,24,28)(H,25,26,29). The molecule has 0 atom stereocenters. The highest BCUT2D eigenvalue weighted by Crippen LogP contribution is 2.37. The molecule has 0 fully saturated rings. The van der Waals surface area contributed by atoms with Gasteiger partial charge in [0.25, 0.3) is 11.5 Å². The first-order valence-electron chi connectivity index (χ1n) is 9.06. The number of hydrogen-bond donors (Lipinski definition) is 2. The van der Waals surface area contributed by atoms with Crippen LogP contribution in [0.3, 0.4) is 0 Å². The number of aromatic amines is 1. The lowest BCUT2D eigenvalue weighted by molar-refractivity contribution is 0.0952. The zero-order valence-corrected chi connectivity index (χ0v) is 15.4. The van der Waals surface area contributed by atoms with Gasteiger partial charge in [-0.2, -0.15) is 0 Å². The van der Waals surface area contributed by atoms with E-state index in [1.807, 2.05) is 36.4 Å². The zero-order valence-electron chi connectivity index (χ0n) is 15.4. The van der Waals surface area contributed by atoms with Crippen LogP contribution in [-0.2, 0) is 6.54 Å². The number of amides is 1. The Morgan fingerprint density at radius 1 is 1.10 bits per heavy atom. The number of hydrogen-bond acceptors (Lipinski definition) is 3. The second-order valence-electron chi connectivity index (χ2n) is 6.38. The number of nitrogens with one attached hydrogen (secondary N) is 2. The predicted molar refractivity (Wildman–Crippen MR) is 111 cm³/mol. The molecular formula is C22H17N5O2. The van der Waals surface area contributed by atoms with Gasteiger partial charge in [0.15, 0.2) is 0 Å². The molecule has 4 aromatic rings. The molecule has 7 nitrogen and oxygen atoms in total. The van der Waals surface area contributed by atoms with Crippen molar-refractivity contribution in [3.63, 3.8) is 0 Å². The van der Waals surface area contributed by atoms with Crippen LogP contribution < -0.4 is 10.9 Å². The summed E-state index contributed by atoms with van der Waals surface area (Å²) in [6, 6.07) is 18.3. The number of aromatic nitrogens is 3. The van der Waals surface area contributed by atoms with Crippen molar-refractivity contribution in [2.75, 3.05) is 6.54 Å². The van der Waals surface area contributed by atoms with E-state index in [-0.39, 0.29) is 11.5 Å². The Morgan fingerprint density at radius 3 is 2.48 bits per heavy atom. The minimum Gasteiger partial charge on any atom is -0.350 e. The van der Waals surface area contributed by atoms with E-state index < -0.39 is 0 Å². The van der Waals surface area contributed by atoms with Crippen LogP contribution in [0.2, 0.25) is 0 Å². The third-order valence-electron chi connectivity index (χ3n) is 4.63. The van der Waals surface area contributed by atoms with Gasteiger partial charge in [0.05, 0.1) is 18.6 Å². The van der Waals surface area contributed by atoms with Crippen LogP contribution >= 0.6 is 0 Å². The highest BCUT2D eigenvalue weighted by atomic mass is 16.1. The summed E-state index contributed by atoms with van der Waals surface area (Å²) in [6.07, 6.45) is 1.30. The summed E-state index contributed by atoms with van der Waals surface area (Å²) >= 11 is 0. The van der Waals surface area contributed by atoms with Crippen LogP contribution in [0.4, 0.5) is 5.69 Å². The Bertz CT molecular complexity index is 1270. The zero-order chi connectivity index (χ0) is 20.2. The molecule has 0 aliphatic carbocycles. The van der Waals surface area contributed by atoms with Gasteiger partial charge in [-0.25, -0.2) is 9.83 Å². The lowest BCUT2D eigenvalue weighted by atomic mass is 10.1. The van der Waals surface area contributed by atoms with E-state index in [1.54, 1.807) is 28.8 Å². The van der Waals surface area contributed by atoms with Crippen LogP contribution in [0.1, 0.15) is 10.4 Å². The molecule has 0 spiro atoms. The van der Waals surface area contributed by atoms with Crippen molar-refractivity contribution in [1.82, 2.24) is 19.9 Å². The van der Waals surface area contributed by atoms with Gasteiger partial charge in [-0.1, -0.05) is 48.5 Å². The number of carbonyl (C=O) groups is 1. The van der Waals surface area contributed by atoms with Crippen molar-refractivity contribution in [3.8, 4) is 11.3 Å². The molecule has 7 heteroatoms. The van der Waals surface area contributed by atoms with Gasteiger partial charge in [-0.3, -0.25) is 9.59 Å². The van der Waals surface area contributed by atoms with Gasteiger partial charge in [0.1, 0.15) is 11.0 Å². The molecule has 0 saturated heterocycles. The summed E-state index contributed by atoms with van der Waals surface area (Å²) in [4.78, 5) is 35.3. The number of benzene rings is 2. The van der Waals surface area contributed by atoms with Crippen LogP contribution in [0, 0.1) is 6.57 Å². The second-order valence-corrected chi connectivity index (χ2v) is 6.38. The average Bonchev–Trinajstić information content (AvgIpc) is 3.09. The molecule has 2 N–H and O–H groups in total. The molecule has 0 radical (unpaired) electrons. The third-order valence-corrected chi connectivity index (χ3v) is 4.63. The Morgan fingerprint density at radius 2 is 1.79 bits per heavy atom. The van der Waals surface area contributed by atoms with Crippen molar-refractivity contribution in [2.45, 2.75) is 6.54 Å². The molecule has 142 valence electrons. The maximum absolute atomic E-state index is 12.5. The number of H-pyrrole nitrogens is 1. The number of fused-ring (bicyclic) bond motifs is 1. The van der Waals surface area contributed by atoms with E-state index in [9.17, 15) is 9.59 Å². The molecule has 0 aliphatic heterocycles. The largest absolute Gasteiger partial charge is 0.350 e. The van der Waals surface area contributed by atoms with Gasteiger partial charge in [0.2, 0.25) is 5.69 Å². The number of nitrogens with zero attached hydrogens (tertiary/aromatic N) is 3. The predicted octanol–water partition coefficient (Wildman–Crippen LogP) is 3.37. The highest BCUT2D eigenvalue weighted by Gasteiger charge is 2.22. The van der Waals surface area contributed by atoms with Crippen molar-refractivity contribution < 1.29 is 4.79 Å². The van der Waals surface area contributed by atoms with Gasteiger partial charge in [-0.15, -0.1) is 0 Å². The van der Waals surface area contributed by atoms with Crippen molar-refractivity contribution >= 4 is 22.6 Å². The van der Waals surface area contributed by atoms with Gasteiger partial charge in [-0.05, 0) is 17.7 Å². The van der Waals surface area contributed by atoms with E-state index in [0.29, 0.717) is 41.1 Å². The fourth-order valence-electron chi connectivity index (χ4n) is 3.36. The van der Waals surface area contributed by atoms with Crippen LogP contribution in [0.5, 0.6) is 0 Å². The minimum atomic E-state index is -0.323. The fraction of sp³-hybridized carbons (Fsp3) is 0.0909. The van der Waals surface area contributed by atoms with E-state index in [2.05, 4.69) is 20.1 Å². The van der Waals surface area contributed by atoms with Crippen molar-refractivity contribution in [2.24, 2.45) is 0 Å². The molecule has 0 aliphatic rings. The van der Waals surface area contributed by atoms with E-state index in [1.165, 1.54) is 6.33 Å². The Kier molecular flexibility index (Phi) is 4.91. The summed E-state index contributed by atoms with van der Waals surface area (Å²) in [7, 11) is 0. The summed E-state index contributed by atoms with van der Waals surface area (Å²) in [5.74, 6) is -0.194. The average molecular weight is 383 g/mol. The fourth-order valence-corrected chi connectivity index (χ4v) is 3.36. The Hall–Kier alpha value is -4.18. The SMILES string of the molecule is [C-]#[N+]c1c(-c2ccccc2)n(CCNC(=O)c2ccccc2)c2c(=O)[nH]cnc12. The quantitative estimate of drug-likeness (QED) is 0.518. The lowest BCUT2D eigenvalue weighted by Gasteiger charge is -2.12. The maximum atomic E-state index is 12.5. The van der Waals surface area contributed by atoms with Gasteiger partial charge in [0, 0.05) is 18.7 Å². The van der Waals surface area contributed by atoms with Gasteiger partial charge >= 0.3 is 0 Å². The highest BCUT2D eigenvalue weighted by molar-refractivity contribution is 5.99. The maximum Gasteiger partial charge on any atom is 0.273 e. The minimum absolute atomic E-state index is 0.194. The van der Waals surface area contributed by atoms with Crippen LogP contribution in [0.25, 0.3) is 27.1 Å². The summed E-state index contributed by atoms with van der Waals surface area (Å²) in [6.45, 7) is 8.26. The first kappa shape index (κ1) is 18.2. The molecule has 0 unspecified atom stereocenters. The van der Waals surface area contributed by atoms with E-state index >= 15 is 0 Å². The van der Waals surface area contributed by atoms with E-state index in [0.717, 1.165) is 5.56 Å². The summed E-state index contributed by atoms with van der Waals surface area (Å²) < 4.78 is 1.76. The van der Waals surface area contributed by atoms with Gasteiger partial charge < -0.3 is 14.9 Å². The number of carbonyl (C=O) groups excluding carboxylic acids is 1. The smallest absolute Gasteiger partial charge is 0.273 e. The lowest BCUT2D eigenvalue weighted by Crippen LogP contribution is -2.28. The molecular weight excluding hydrogens is 366 g/mol. The van der Waals surface area contributed by atoms with Crippen molar-refractivity contribution in [1.29, 1.82) is 0 Å². The molecule has 0 saturated carbocycles. The molecule has 2 aromatic heterocycles. The second kappa shape index (κ2) is 7.82. The first-order valence-corrected chi connectivity index (χ1v) is 9.06. The summed E-state index contributed by atoms with van der Waals surface area (Å²) in [5, 5.41) is 2.87. The van der Waals surface area contributed by atoms with Crippen LogP contribution in [0.15, 0.2) is 71.8 Å². The molecule has 0 bridgehead atoms. The molecule has 2 heterocycles. The molecule has 4 rings (SSSR count). The first-order chi connectivity index (χ1) is 14.2. The molecule has 2 aromatic carbocycles. The van der Waals surface area contributed by atoms with Crippen molar-refractivity contribution in [3.05, 3.63) is 94.3 Å². The van der Waals surface area contributed by atoms with E-state index in [4.69, 9.17) is 6.57 Å². The summed E-state index contributed by atoms with van der Waals surface area (Å²) in [5.41, 5.74) is 2.68. The third kappa shape index (κ3) is 3.39. The Balaban J connectivity index is 1.74. The molecule has 1 amide bonds. The van der Waals surface area contributed by atoms with Crippen LogP contribution in [-0.4, -0.2) is 27.0 Å². The Labute approximate surface area is 166 Å². The molecule has 29 heavy (non-hydrogen) atoms. The topological polar surface area (TPSA) is 84.1 Å². The number of rotatable bonds is 5. The normalized spacial score (nSPS) is 10.6. The monoisotopic (exact) mass is 383 g/mol.